The van der Waals surface area contributed by atoms with E-state index in [1.54, 1.807) is 0 Å². The van der Waals surface area contributed by atoms with E-state index < -0.39 is 0 Å². The van der Waals surface area contributed by atoms with Crippen molar-refractivity contribution < 1.29 is 0 Å². The van der Waals surface area contributed by atoms with E-state index in [1.165, 1.54) is 16.5 Å². The summed E-state index contributed by atoms with van der Waals surface area (Å²) in [6.07, 6.45) is 6.41. The zero-order valence-corrected chi connectivity index (χ0v) is 11.7. The number of fused-ring (bicyclic) bond motifs is 2. The lowest BCUT2D eigenvalue weighted by atomic mass is 10.1. The highest BCUT2D eigenvalue weighted by Crippen LogP contribution is 2.23. The first-order valence-corrected chi connectivity index (χ1v) is 7.26. The van der Waals surface area contributed by atoms with Gasteiger partial charge in [0.1, 0.15) is 0 Å². The van der Waals surface area contributed by atoms with Crippen molar-refractivity contribution in [1.82, 2.24) is 4.90 Å². The second-order valence-electron chi connectivity index (χ2n) is 5.32. The van der Waals surface area contributed by atoms with Gasteiger partial charge in [0.05, 0.1) is 16.8 Å². The number of hydrogen-bond donors (Lipinski definition) is 0. The van der Waals surface area contributed by atoms with Gasteiger partial charge >= 0.3 is 0 Å². The van der Waals surface area contributed by atoms with E-state index in [0.717, 1.165) is 24.1 Å². The van der Waals surface area contributed by atoms with Crippen LogP contribution < -0.4 is 10.6 Å². The summed E-state index contributed by atoms with van der Waals surface area (Å²) in [6, 6.07) is 19.0. The Bertz CT molecular complexity index is 845. The molecule has 0 aromatic heterocycles. The molecule has 4 rings (SSSR count). The molecule has 0 N–H and O–H groups in total. The summed E-state index contributed by atoms with van der Waals surface area (Å²) in [5, 5.41) is 2.32. The van der Waals surface area contributed by atoms with Crippen molar-refractivity contribution >= 4 is 5.70 Å². The van der Waals surface area contributed by atoms with Crippen LogP contribution in [0.2, 0.25) is 0 Å². The summed E-state index contributed by atoms with van der Waals surface area (Å²) in [7, 11) is 0. The van der Waals surface area contributed by atoms with Gasteiger partial charge in [-0.2, -0.15) is 0 Å². The molecule has 0 saturated heterocycles. The number of hydrogen-bond acceptors (Lipinski definition) is 2. The van der Waals surface area contributed by atoms with Crippen LogP contribution in [0, 0.1) is 0 Å². The van der Waals surface area contributed by atoms with Gasteiger partial charge in [-0.05, 0) is 17.7 Å². The summed E-state index contributed by atoms with van der Waals surface area (Å²) in [4.78, 5) is 7.16. The quantitative estimate of drug-likeness (QED) is 0.819. The lowest BCUT2D eigenvalue weighted by Gasteiger charge is -2.24. The highest BCUT2D eigenvalue weighted by Gasteiger charge is 2.19. The predicted molar refractivity (Wildman–Crippen MR) is 84.7 cm³/mol. The van der Waals surface area contributed by atoms with Gasteiger partial charge in [0.25, 0.3) is 0 Å². The average molecular weight is 272 g/mol. The lowest BCUT2D eigenvalue weighted by Crippen LogP contribution is -2.30. The number of benzene rings is 2. The lowest BCUT2D eigenvalue weighted by molar-refractivity contribution is 0.431. The van der Waals surface area contributed by atoms with Crippen LogP contribution in [-0.4, -0.2) is 11.4 Å². The molecule has 0 spiro atoms. The van der Waals surface area contributed by atoms with Crippen LogP contribution in [0.3, 0.4) is 0 Å². The molecular formula is C19H16N2. The summed E-state index contributed by atoms with van der Waals surface area (Å²) in [5.74, 6) is 0. The van der Waals surface area contributed by atoms with Gasteiger partial charge in [-0.3, -0.25) is 0 Å². The molecule has 2 heterocycles. The van der Waals surface area contributed by atoms with Crippen LogP contribution in [0.4, 0.5) is 0 Å². The molecule has 2 heteroatoms. The maximum atomic E-state index is 4.76. The van der Waals surface area contributed by atoms with Crippen molar-refractivity contribution in [2.75, 3.05) is 6.54 Å². The standard InChI is InChI=1S/C19H16N2/c1-2-8-15(9-3-1)14-21-13-7-6-12-18-19(21)16-10-4-5-11-17(16)20-18/h1-12H,13-14H2. The van der Waals surface area contributed by atoms with E-state index in [0.29, 0.717) is 0 Å². The van der Waals surface area contributed by atoms with Crippen LogP contribution in [0.1, 0.15) is 5.56 Å². The van der Waals surface area contributed by atoms with Crippen molar-refractivity contribution in [2.24, 2.45) is 4.99 Å². The molecule has 0 atom stereocenters. The number of para-hydroxylation sites is 1. The molecular weight excluding hydrogens is 256 g/mol. The fourth-order valence-electron chi connectivity index (χ4n) is 2.93. The fourth-order valence-corrected chi connectivity index (χ4v) is 2.93. The summed E-state index contributed by atoms with van der Waals surface area (Å²) in [5.41, 5.74) is 3.64. The molecule has 0 amide bonds. The summed E-state index contributed by atoms with van der Waals surface area (Å²) in [6.45, 7) is 1.82. The van der Waals surface area contributed by atoms with Gasteiger partial charge < -0.3 is 4.90 Å². The van der Waals surface area contributed by atoms with Crippen molar-refractivity contribution in [3.05, 3.63) is 94.7 Å². The fraction of sp³-hybridized carbons (Fsp3) is 0.105. The normalized spacial score (nSPS) is 15.9. The highest BCUT2D eigenvalue weighted by atomic mass is 15.2. The SMILES string of the molecule is C1=CCN(Cc2ccccc2)C2=c3ccccc3=NC2=C1. The minimum Gasteiger partial charge on any atom is -0.361 e. The zero-order valence-electron chi connectivity index (χ0n) is 11.7. The van der Waals surface area contributed by atoms with Gasteiger partial charge in [-0.1, -0.05) is 60.7 Å². The molecule has 2 nitrogen and oxygen atoms in total. The Morgan fingerprint density at radius 2 is 1.76 bits per heavy atom. The maximum absolute atomic E-state index is 4.76. The third-order valence-corrected chi connectivity index (χ3v) is 3.89. The average Bonchev–Trinajstić information content (AvgIpc) is 2.79. The van der Waals surface area contributed by atoms with Crippen LogP contribution in [-0.2, 0) is 6.54 Å². The zero-order chi connectivity index (χ0) is 14.1. The van der Waals surface area contributed by atoms with Crippen molar-refractivity contribution in [2.45, 2.75) is 6.54 Å². The number of nitrogens with zero attached hydrogens (tertiary/aromatic N) is 2. The topological polar surface area (TPSA) is 15.6 Å². The molecule has 102 valence electrons. The Labute approximate surface area is 124 Å². The van der Waals surface area contributed by atoms with E-state index >= 15 is 0 Å². The molecule has 0 radical (unpaired) electrons. The first kappa shape index (κ1) is 12.2. The smallest absolute Gasteiger partial charge is 0.0877 e. The number of allylic oxidation sites excluding steroid dienone is 2. The van der Waals surface area contributed by atoms with Gasteiger partial charge in [-0.15, -0.1) is 0 Å². The maximum Gasteiger partial charge on any atom is 0.0877 e. The second-order valence-corrected chi connectivity index (χ2v) is 5.32. The van der Waals surface area contributed by atoms with Crippen LogP contribution in [0.15, 0.2) is 83.5 Å². The molecule has 0 aliphatic carbocycles. The molecule has 0 fully saturated rings. The molecule has 0 bridgehead atoms. The summed E-state index contributed by atoms with van der Waals surface area (Å²) >= 11 is 0. The monoisotopic (exact) mass is 272 g/mol. The second kappa shape index (κ2) is 5.06. The van der Waals surface area contributed by atoms with Gasteiger partial charge in [0.15, 0.2) is 0 Å². The van der Waals surface area contributed by atoms with E-state index in [9.17, 15) is 0 Å². The third-order valence-electron chi connectivity index (χ3n) is 3.89. The molecule has 2 aliphatic rings. The molecule has 2 aliphatic heterocycles. The molecule has 0 unspecified atom stereocenters. The van der Waals surface area contributed by atoms with Crippen LogP contribution >= 0.6 is 0 Å². The van der Waals surface area contributed by atoms with Crippen molar-refractivity contribution in [1.29, 1.82) is 0 Å². The van der Waals surface area contributed by atoms with E-state index in [4.69, 9.17) is 4.99 Å². The number of rotatable bonds is 2. The van der Waals surface area contributed by atoms with E-state index in [-0.39, 0.29) is 0 Å². The molecule has 2 aromatic carbocycles. The summed E-state index contributed by atoms with van der Waals surface area (Å²) < 4.78 is 0. The first-order valence-electron chi connectivity index (χ1n) is 7.26. The van der Waals surface area contributed by atoms with Crippen molar-refractivity contribution in [3.8, 4) is 0 Å². The minimum absolute atomic E-state index is 0.904. The molecule has 0 saturated carbocycles. The van der Waals surface area contributed by atoms with Crippen molar-refractivity contribution in [3.63, 3.8) is 0 Å². The predicted octanol–water partition coefficient (Wildman–Crippen LogP) is 2.38. The Kier molecular flexibility index (Phi) is 2.93. The Hall–Kier alpha value is -2.61. The van der Waals surface area contributed by atoms with Crippen LogP contribution in [0.25, 0.3) is 5.70 Å². The molecule has 21 heavy (non-hydrogen) atoms. The van der Waals surface area contributed by atoms with Gasteiger partial charge in [0, 0.05) is 18.3 Å². The largest absolute Gasteiger partial charge is 0.361 e. The van der Waals surface area contributed by atoms with Gasteiger partial charge in [0.2, 0.25) is 0 Å². The Morgan fingerprint density at radius 1 is 0.952 bits per heavy atom. The van der Waals surface area contributed by atoms with Crippen LogP contribution in [0.5, 0.6) is 0 Å². The highest BCUT2D eigenvalue weighted by molar-refractivity contribution is 5.66. The van der Waals surface area contributed by atoms with E-state index in [1.807, 2.05) is 6.07 Å². The third kappa shape index (κ3) is 2.19. The van der Waals surface area contributed by atoms with E-state index in [2.05, 4.69) is 71.7 Å². The molecule has 2 aromatic rings. The Morgan fingerprint density at radius 3 is 2.67 bits per heavy atom. The first-order chi connectivity index (χ1) is 10.4. The Balaban J connectivity index is 1.83. The van der Waals surface area contributed by atoms with Gasteiger partial charge in [-0.25, -0.2) is 4.99 Å². The minimum atomic E-state index is 0.904.